The number of pyridine rings is 1. The van der Waals surface area contributed by atoms with E-state index in [9.17, 15) is 58.1 Å². The Morgan fingerprint density at radius 1 is 0.894 bits per heavy atom. The quantitative estimate of drug-likeness (QED) is 0.0644. The van der Waals surface area contributed by atoms with Crippen LogP contribution in [0.4, 0.5) is 11.5 Å². The van der Waals surface area contributed by atoms with Crippen molar-refractivity contribution in [2.24, 2.45) is 4.99 Å². The number of imide groups is 1. The lowest BCUT2D eigenvalue weighted by atomic mass is 9.75. The predicted octanol–water partition coefficient (Wildman–Crippen LogP) is 3.47. The van der Waals surface area contributed by atoms with E-state index in [0.717, 1.165) is 5.06 Å². The Bertz CT molecular complexity index is 2950. The molecule has 3 aliphatic rings. The van der Waals surface area contributed by atoms with Crippen LogP contribution in [0.15, 0.2) is 101 Å². The molecule has 2 N–H and O–H groups in total. The van der Waals surface area contributed by atoms with Crippen molar-refractivity contribution >= 4 is 71.3 Å². The molecule has 1 atom stereocenters. The number of allylic oxidation sites excluding steroid dienone is 6. The zero-order valence-corrected chi connectivity index (χ0v) is 38.9. The Labute approximate surface area is 381 Å². The second kappa shape index (κ2) is 18.7. The molecule has 66 heavy (non-hydrogen) atoms. The van der Waals surface area contributed by atoms with E-state index in [1.807, 2.05) is 13.8 Å². The minimum absolute atomic E-state index is 0.0140. The molecule has 3 aliphatic heterocycles. The molecule has 6 rings (SSSR count). The van der Waals surface area contributed by atoms with E-state index in [-0.39, 0.29) is 49.9 Å². The van der Waals surface area contributed by atoms with Gasteiger partial charge in [-0.05, 0) is 98.3 Å². The van der Waals surface area contributed by atoms with Crippen LogP contribution >= 0.6 is 0 Å². The smallest absolute Gasteiger partial charge is 0.363 e. The second-order valence-corrected chi connectivity index (χ2v) is 20.8. The highest BCUT2D eigenvalue weighted by Crippen LogP contribution is 2.52. The summed E-state index contributed by atoms with van der Waals surface area (Å²) in [6.45, 7) is 5.60. The lowest BCUT2D eigenvalue weighted by Crippen LogP contribution is -2.38. The monoisotopic (exact) mass is 969 g/mol. The molecule has 3 aromatic rings. The predicted molar refractivity (Wildman–Crippen MR) is 235 cm³/mol. The molecule has 20 nitrogen and oxygen atoms in total. The number of aliphatic imine (C=N–C) groups is 1. The van der Waals surface area contributed by atoms with Crippen LogP contribution < -0.4 is 9.47 Å². The number of benzene rings is 2. The van der Waals surface area contributed by atoms with Gasteiger partial charge >= 0.3 is 11.8 Å². The molecule has 0 radical (unpaired) electrons. The zero-order valence-electron chi connectivity index (χ0n) is 36.4. The van der Waals surface area contributed by atoms with Crippen molar-refractivity contribution in [3.8, 4) is 0 Å². The maximum absolute atomic E-state index is 13.2. The van der Waals surface area contributed by atoms with E-state index < -0.39 is 81.3 Å². The number of fused-ring (bicyclic) bond motifs is 2. The summed E-state index contributed by atoms with van der Waals surface area (Å²) in [6, 6.07) is 11.5. The largest absolute Gasteiger partial charge is 0.748 e. The number of amides is 3. The van der Waals surface area contributed by atoms with Gasteiger partial charge in [-0.1, -0.05) is 30.4 Å². The summed E-state index contributed by atoms with van der Waals surface area (Å²) in [5.41, 5.74) is 1.16. The molecule has 1 aromatic heterocycles. The number of aromatic nitrogens is 1. The maximum atomic E-state index is 13.2. The fourth-order valence-corrected chi connectivity index (χ4v) is 9.46. The Morgan fingerprint density at radius 2 is 1.56 bits per heavy atom. The lowest BCUT2D eigenvalue weighted by Gasteiger charge is -2.31. The second-order valence-electron chi connectivity index (χ2n) is 16.3. The van der Waals surface area contributed by atoms with Gasteiger partial charge in [-0.2, -0.15) is 16.8 Å². The molecule has 352 valence electrons. The molecular formula is C43H47N5O15S3. The zero-order chi connectivity index (χ0) is 48.6. The Kier molecular flexibility index (Phi) is 14.0. The van der Waals surface area contributed by atoms with Gasteiger partial charge < -0.3 is 14.3 Å². The molecule has 4 heterocycles. The van der Waals surface area contributed by atoms with Crippen molar-refractivity contribution < 1.29 is 72.3 Å². The third kappa shape index (κ3) is 10.5. The summed E-state index contributed by atoms with van der Waals surface area (Å²) in [5.74, 6) is -3.56. The van der Waals surface area contributed by atoms with E-state index >= 15 is 0 Å². The molecule has 1 saturated heterocycles. The Hall–Kier alpha value is -5.95. The lowest BCUT2D eigenvalue weighted by molar-refractivity contribution is -0.684. The van der Waals surface area contributed by atoms with E-state index in [1.54, 1.807) is 65.0 Å². The van der Waals surface area contributed by atoms with Gasteiger partial charge in [0.25, 0.3) is 38.0 Å². The number of aryl methyl sites for hydroxylation is 1. The molecule has 0 saturated carbocycles. The highest BCUT2D eigenvalue weighted by Gasteiger charge is 2.46. The molecule has 1 unspecified atom stereocenters. The van der Waals surface area contributed by atoms with Crippen LogP contribution in [0, 0.1) is 0 Å². The molecule has 1 fully saturated rings. The molecule has 23 heteroatoms. The SMILES string of the molecule is CON(C)C(=O)c1cc2c([n+](CCCS(=O)(=O)[O-])c1)N=C(/C=C/C=C/C=C1/N(CCCS(=O)(=O)O)c3ccc(S(=O)(=O)O)cc3C1(C)c1ccc(C(=O)ON3C(=O)CCC3=O)cc1)C2(C)C. The van der Waals surface area contributed by atoms with Gasteiger partial charge in [-0.3, -0.25) is 28.3 Å². The van der Waals surface area contributed by atoms with Gasteiger partial charge in [-0.25, -0.2) is 22.8 Å². The normalized spacial score (nSPS) is 19.0. The summed E-state index contributed by atoms with van der Waals surface area (Å²) < 4.78 is 104. The average molecular weight is 970 g/mol. The first-order valence-electron chi connectivity index (χ1n) is 20.3. The van der Waals surface area contributed by atoms with Gasteiger partial charge in [0.2, 0.25) is 0 Å². The van der Waals surface area contributed by atoms with Crippen molar-refractivity contribution in [3.05, 3.63) is 119 Å². The number of carbonyl (C=O) groups is 4. The minimum Gasteiger partial charge on any atom is -0.748 e. The van der Waals surface area contributed by atoms with Crippen LogP contribution in [0.5, 0.6) is 0 Å². The maximum Gasteiger partial charge on any atom is 0.363 e. The van der Waals surface area contributed by atoms with E-state index in [2.05, 4.69) is 0 Å². The molecule has 2 aromatic carbocycles. The number of hydrogen-bond acceptors (Lipinski definition) is 15. The highest BCUT2D eigenvalue weighted by atomic mass is 32.2. The van der Waals surface area contributed by atoms with Crippen molar-refractivity contribution in [3.63, 3.8) is 0 Å². The molecule has 3 amide bonds. The molecular weight excluding hydrogens is 923 g/mol. The fourth-order valence-electron chi connectivity index (χ4n) is 7.97. The average Bonchev–Trinajstić information content (AvgIpc) is 3.79. The number of carbonyl (C=O) groups excluding carboxylic acids is 4. The van der Waals surface area contributed by atoms with Crippen LogP contribution in [0.25, 0.3) is 0 Å². The number of hydroxylamine groups is 4. The number of hydrogen-bond donors (Lipinski definition) is 2. The standard InChI is InChI=1S/C43H47N5O15S3/c1-42(2)33-25-29(40(51)45(4)62-5)27-46(21-9-23-64(53,54)55)39(33)44-35(42)11-7-6-8-12-36-43(3,30-15-13-28(14-16-30)41(52)63-48-37(49)19-20-38(48)50)32-26-31(66(59,60)61)17-18-34(32)47(36)22-10-24-65(56,57)58/h6-8,11-18,25-27H,9-10,19-24H2,1-5H3,(H2-,53,54,55,56,57,58,59,60,61). The van der Waals surface area contributed by atoms with Gasteiger partial charge in [-0.15, -0.1) is 5.06 Å². The first kappa shape index (κ1) is 49.5. The van der Waals surface area contributed by atoms with Crippen molar-refractivity contribution in [1.29, 1.82) is 0 Å². The summed E-state index contributed by atoms with van der Waals surface area (Å²) in [6.07, 6.45) is 9.68. The summed E-state index contributed by atoms with van der Waals surface area (Å²) in [7, 11) is -10.8. The van der Waals surface area contributed by atoms with E-state index in [1.165, 1.54) is 50.7 Å². The third-order valence-electron chi connectivity index (χ3n) is 11.5. The van der Waals surface area contributed by atoms with E-state index in [4.69, 9.17) is 14.7 Å². The summed E-state index contributed by atoms with van der Waals surface area (Å²) >= 11 is 0. The Balaban J connectivity index is 1.39. The van der Waals surface area contributed by atoms with Crippen LogP contribution in [-0.4, -0.2) is 111 Å². The van der Waals surface area contributed by atoms with Gasteiger partial charge in [0, 0.05) is 43.6 Å². The van der Waals surface area contributed by atoms with Crippen molar-refractivity contribution in [2.75, 3.05) is 37.1 Å². The first-order valence-corrected chi connectivity index (χ1v) is 24.9. The van der Waals surface area contributed by atoms with Crippen molar-refractivity contribution in [2.45, 2.75) is 68.7 Å². The molecule has 0 bridgehead atoms. The Morgan fingerprint density at radius 3 is 2.17 bits per heavy atom. The van der Waals surface area contributed by atoms with Gasteiger partial charge in [0.05, 0.1) is 61.9 Å². The minimum atomic E-state index is -4.72. The van der Waals surface area contributed by atoms with Gasteiger partial charge in [0.15, 0.2) is 5.71 Å². The van der Waals surface area contributed by atoms with Crippen LogP contribution in [-0.2, 0) is 67.0 Å². The number of rotatable bonds is 17. The topological polar surface area (TPSA) is 279 Å². The summed E-state index contributed by atoms with van der Waals surface area (Å²) in [5, 5.41) is 1.45. The van der Waals surface area contributed by atoms with Crippen LogP contribution in [0.3, 0.4) is 0 Å². The third-order valence-corrected chi connectivity index (χ3v) is 14.0. The van der Waals surface area contributed by atoms with Crippen LogP contribution in [0.2, 0.25) is 0 Å². The fraction of sp³-hybridized carbons (Fsp3) is 0.349. The molecule has 0 spiro atoms. The number of nitrogens with zero attached hydrogens (tertiary/aromatic N) is 5. The van der Waals surface area contributed by atoms with E-state index in [0.29, 0.717) is 44.7 Å². The van der Waals surface area contributed by atoms with Gasteiger partial charge in [0.1, 0.15) is 6.20 Å². The van der Waals surface area contributed by atoms with Crippen LogP contribution in [0.1, 0.15) is 83.9 Å². The molecule has 0 aliphatic carbocycles. The number of anilines is 1. The highest BCUT2D eigenvalue weighted by molar-refractivity contribution is 7.86. The van der Waals surface area contributed by atoms with Crippen molar-refractivity contribution in [1.82, 2.24) is 10.1 Å². The summed E-state index contributed by atoms with van der Waals surface area (Å²) in [4.78, 5) is 66.7. The first-order chi connectivity index (χ1) is 30.8.